The fraction of sp³-hybridized carbons (Fsp3) is 0.562. The van der Waals surface area contributed by atoms with Crippen molar-refractivity contribution < 1.29 is 9.90 Å². The minimum Gasteiger partial charge on any atom is -0.395 e. The van der Waals surface area contributed by atoms with E-state index in [1.807, 2.05) is 13.0 Å². The normalized spacial score (nSPS) is 18.4. The molecule has 2 rings (SSSR count). The first-order valence-electron chi connectivity index (χ1n) is 7.65. The zero-order valence-electron chi connectivity index (χ0n) is 12.9. The lowest BCUT2D eigenvalue weighted by Crippen LogP contribution is -2.37. The van der Waals surface area contributed by atoms with Gasteiger partial charge in [-0.05, 0) is 56.9 Å². The number of piperidine rings is 1. The SMILES string of the molecule is Cc1cc(N2CCCCC2C)ccc1NC(=O)NCCO. The highest BCUT2D eigenvalue weighted by Gasteiger charge is 2.19. The number of nitrogens with one attached hydrogen (secondary N) is 2. The first kappa shape index (κ1) is 15.6. The van der Waals surface area contributed by atoms with Gasteiger partial charge in [0.2, 0.25) is 0 Å². The fourth-order valence-electron chi connectivity index (χ4n) is 2.78. The summed E-state index contributed by atoms with van der Waals surface area (Å²) in [5.74, 6) is 0. The Morgan fingerprint density at radius 2 is 2.24 bits per heavy atom. The molecule has 3 N–H and O–H groups in total. The minimum absolute atomic E-state index is 0.0574. The van der Waals surface area contributed by atoms with Crippen molar-refractivity contribution in [3.63, 3.8) is 0 Å². The molecule has 1 unspecified atom stereocenters. The lowest BCUT2D eigenvalue weighted by Gasteiger charge is -2.35. The Morgan fingerprint density at radius 3 is 2.90 bits per heavy atom. The van der Waals surface area contributed by atoms with E-state index in [0.717, 1.165) is 17.8 Å². The van der Waals surface area contributed by atoms with Crippen LogP contribution in [0, 0.1) is 6.92 Å². The smallest absolute Gasteiger partial charge is 0.319 e. The zero-order valence-corrected chi connectivity index (χ0v) is 12.9. The molecular weight excluding hydrogens is 266 g/mol. The lowest BCUT2D eigenvalue weighted by molar-refractivity contribution is 0.245. The summed E-state index contributed by atoms with van der Waals surface area (Å²) in [5, 5.41) is 14.1. The third-order valence-electron chi connectivity index (χ3n) is 3.99. The molecule has 0 bridgehead atoms. The molecule has 1 atom stereocenters. The van der Waals surface area contributed by atoms with E-state index in [4.69, 9.17) is 5.11 Å². The van der Waals surface area contributed by atoms with E-state index >= 15 is 0 Å². The Kier molecular flexibility index (Phi) is 5.44. The van der Waals surface area contributed by atoms with Crippen LogP contribution in [0.25, 0.3) is 0 Å². The topological polar surface area (TPSA) is 64.6 Å². The molecule has 1 aromatic rings. The summed E-state index contributed by atoms with van der Waals surface area (Å²) in [6, 6.07) is 6.43. The Morgan fingerprint density at radius 1 is 1.43 bits per heavy atom. The number of carbonyl (C=O) groups excluding carboxylic acids is 1. The molecule has 2 amide bonds. The number of aliphatic hydroxyl groups is 1. The van der Waals surface area contributed by atoms with Gasteiger partial charge in [-0.2, -0.15) is 0 Å². The zero-order chi connectivity index (χ0) is 15.2. The molecule has 1 aliphatic rings. The van der Waals surface area contributed by atoms with Crippen molar-refractivity contribution in [2.24, 2.45) is 0 Å². The van der Waals surface area contributed by atoms with Crippen LogP contribution in [0.1, 0.15) is 31.7 Å². The van der Waals surface area contributed by atoms with Gasteiger partial charge in [-0.1, -0.05) is 0 Å². The summed E-state index contributed by atoms with van der Waals surface area (Å²) in [4.78, 5) is 14.1. The fourth-order valence-corrected chi connectivity index (χ4v) is 2.78. The maximum Gasteiger partial charge on any atom is 0.319 e. The van der Waals surface area contributed by atoms with Crippen LogP contribution in [0.4, 0.5) is 16.2 Å². The van der Waals surface area contributed by atoms with Crippen LogP contribution in [0.3, 0.4) is 0 Å². The van der Waals surface area contributed by atoms with Gasteiger partial charge in [-0.25, -0.2) is 4.79 Å². The van der Waals surface area contributed by atoms with Crippen LogP contribution in [0.2, 0.25) is 0 Å². The number of carbonyl (C=O) groups is 1. The number of aliphatic hydroxyl groups excluding tert-OH is 1. The van der Waals surface area contributed by atoms with Gasteiger partial charge in [-0.3, -0.25) is 0 Å². The van der Waals surface area contributed by atoms with Gasteiger partial charge < -0.3 is 20.6 Å². The van der Waals surface area contributed by atoms with Crippen molar-refractivity contribution in [3.05, 3.63) is 23.8 Å². The van der Waals surface area contributed by atoms with E-state index in [9.17, 15) is 4.79 Å². The molecule has 0 radical (unpaired) electrons. The number of amides is 2. The third kappa shape index (κ3) is 4.11. The number of nitrogens with zero attached hydrogens (tertiary/aromatic N) is 1. The van der Waals surface area contributed by atoms with Crippen LogP contribution in [0.5, 0.6) is 0 Å². The Hall–Kier alpha value is -1.75. The van der Waals surface area contributed by atoms with E-state index < -0.39 is 0 Å². The Bertz CT molecular complexity index is 490. The van der Waals surface area contributed by atoms with Crippen molar-refractivity contribution in [2.45, 2.75) is 39.2 Å². The number of hydrogen-bond donors (Lipinski definition) is 3. The molecular formula is C16H25N3O2. The lowest BCUT2D eigenvalue weighted by atomic mass is 10.0. The van der Waals surface area contributed by atoms with Gasteiger partial charge in [0.25, 0.3) is 0 Å². The molecule has 1 aliphatic heterocycles. The number of anilines is 2. The van der Waals surface area contributed by atoms with Gasteiger partial charge >= 0.3 is 6.03 Å². The second kappa shape index (κ2) is 7.31. The average molecular weight is 291 g/mol. The van der Waals surface area contributed by atoms with Crippen LogP contribution < -0.4 is 15.5 Å². The monoisotopic (exact) mass is 291 g/mol. The third-order valence-corrected chi connectivity index (χ3v) is 3.99. The highest BCUT2D eigenvalue weighted by atomic mass is 16.3. The maximum atomic E-state index is 11.6. The number of aryl methyl sites for hydroxylation is 1. The predicted octanol–water partition coefficient (Wildman–Crippen LogP) is 2.49. The molecule has 0 saturated carbocycles. The molecule has 0 spiro atoms. The summed E-state index contributed by atoms with van der Waals surface area (Å²) in [6.07, 6.45) is 3.79. The molecule has 1 fully saturated rings. The Balaban J connectivity index is 2.04. The summed E-state index contributed by atoms with van der Waals surface area (Å²) in [7, 11) is 0. The Labute approximate surface area is 126 Å². The van der Waals surface area contributed by atoms with Crippen molar-refractivity contribution in [1.29, 1.82) is 0 Å². The van der Waals surface area contributed by atoms with E-state index in [2.05, 4.69) is 34.6 Å². The molecule has 1 heterocycles. The van der Waals surface area contributed by atoms with E-state index in [1.54, 1.807) is 0 Å². The summed E-state index contributed by atoms with van der Waals surface area (Å²) in [6.45, 7) is 5.57. The largest absolute Gasteiger partial charge is 0.395 e. The van der Waals surface area contributed by atoms with Gasteiger partial charge in [0.15, 0.2) is 0 Å². The highest BCUT2D eigenvalue weighted by Crippen LogP contribution is 2.28. The predicted molar refractivity (Wildman–Crippen MR) is 85.9 cm³/mol. The molecule has 1 aromatic carbocycles. The van der Waals surface area contributed by atoms with Gasteiger partial charge in [-0.15, -0.1) is 0 Å². The average Bonchev–Trinajstić information content (AvgIpc) is 2.48. The quantitative estimate of drug-likeness (QED) is 0.798. The molecule has 5 nitrogen and oxygen atoms in total. The van der Waals surface area contributed by atoms with Crippen molar-refractivity contribution in [1.82, 2.24) is 5.32 Å². The first-order chi connectivity index (χ1) is 10.1. The molecule has 116 valence electrons. The van der Waals surface area contributed by atoms with Crippen LogP contribution in [0.15, 0.2) is 18.2 Å². The second-order valence-electron chi connectivity index (χ2n) is 5.64. The molecule has 1 saturated heterocycles. The number of hydrogen-bond acceptors (Lipinski definition) is 3. The minimum atomic E-state index is -0.286. The highest BCUT2D eigenvalue weighted by molar-refractivity contribution is 5.90. The molecule has 5 heteroatoms. The standard InChI is InChI=1S/C16H25N3O2/c1-12-11-14(19-9-4-3-5-13(19)2)6-7-15(12)18-16(21)17-8-10-20/h6-7,11,13,20H,3-5,8-10H2,1-2H3,(H2,17,18,21). The van der Waals surface area contributed by atoms with Gasteiger partial charge in [0, 0.05) is 30.5 Å². The summed E-state index contributed by atoms with van der Waals surface area (Å²) >= 11 is 0. The molecule has 0 aliphatic carbocycles. The van der Waals surface area contributed by atoms with E-state index in [-0.39, 0.29) is 19.2 Å². The molecule has 21 heavy (non-hydrogen) atoms. The maximum absolute atomic E-state index is 11.6. The summed E-state index contributed by atoms with van der Waals surface area (Å²) < 4.78 is 0. The van der Waals surface area contributed by atoms with E-state index in [1.165, 1.54) is 24.9 Å². The number of benzene rings is 1. The van der Waals surface area contributed by atoms with Crippen LogP contribution in [-0.4, -0.2) is 36.9 Å². The number of urea groups is 1. The van der Waals surface area contributed by atoms with Crippen molar-refractivity contribution >= 4 is 17.4 Å². The van der Waals surface area contributed by atoms with E-state index in [0.29, 0.717) is 6.04 Å². The first-order valence-corrected chi connectivity index (χ1v) is 7.65. The summed E-state index contributed by atoms with van der Waals surface area (Å²) in [5.41, 5.74) is 3.07. The molecule has 0 aromatic heterocycles. The van der Waals surface area contributed by atoms with Crippen molar-refractivity contribution in [3.8, 4) is 0 Å². The van der Waals surface area contributed by atoms with Gasteiger partial charge in [0.1, 0.15) is 0 Å². The second-order valence-corrected chi connectivity index (χ2v) is 5.64. The van der Waals surface area contributed by atoms with Gasteiger partial charge in [0.05, 0.1) is 6.61 Å². The van der Waals surface area contributed by atoms with Crippen LogP contribution >= 0.6 is 0 Å². The number of rotatable bonds is 4. The van der Waals surface area contributed by atoms with Crippen molar-refractivity contribution in [2.75, 3.05) is 29.9 Å². The van der Waals surface area contributed by atoms with Crippen LogP contribution in [-0.2, 0) is 0 Å².